The Hall–Kier alpha value is -0.530. The summed E-state index contributed by atoms with van der Waals surface area (Å²) in [5.74, 6) is 1.17. The summed E-state index contributed by atoms with van der Waals surface area (Å²) in [5, 5.41) is 3.31. The van der Waals surface area contributed by atoms with Gasteiger partial charge in [0.1, 0.15) is 5.84 Å². The zero-order chi connectivity index (χ0) is 7.61. The second-order valence-corrected chi connectivity index (χ2v) is 3.76. The van der Waals surface area contributed by atoms with Crippen LogP contribution in [0.4, 0.5) is 0 Å². The standard InChI is InChI=1S/C8H16N2/c1-8(2,3)7-9-5-4-6-10-7/h4-6H2,1-3H3,(H,9,10). The molecule has 0 atom stereocenters. The zero-order valence-electron chi connectivity index (χ0n) is 7.07. The van der Waals surface area contributed by atoms with Crippen LogP contribution in [0, 0.1) is 5.41 Å². The van der Waals surface area contributed by atoms with Gasteiger partial charge in [0.05, 0.1) is 0 Å². The smallest absolute Gasteiger partial charge is 0.102 e. The molecule has 0 bridgehead atoms. The summed E-state index contributed by atoms with van der Waals surface area (Å²) in [5.41, 5.74) is 0.209. The lowest BCUT2D eigenvalue weighted by atomic mass is 9.94. The van der Waals surface area contributed by atoms with Crippen LogP contribution in [0.2, 0.25) is 0 Å². The molecule has 0 saturated carbocycles. The number of aliphatic imine (C=N–C) groups is 1. The molecule has 1 aliphatic heterocycles. The maximum atomic E-state index is 4.41. The second-order valence-electron chi connectivity index (χ2n) is 3.76. The molecule has 0 unspecified atom stereocenters. The van der Waals surface area contributed by atoms with Crippen LogP contribution in [0.1, 0.15) is 27.2 Å². The SMILES string of the molecule is CC(C)(C)C1=NCCCN1. The van der Waals surface area contributed by atoms with Gasteiger partial charge in [-0.3, -0.25) is 4.99 Å². The van der Waals surface area contributed by atoms with Gasteiger partial charge < -0.3 is 5.32 Å². The largest absolute Gasteiger partial charge is 0.373 e. The normalized spacial score (nSPS) is 19.7. The molecule has 2 nitrogen and oxygen atoms in total. The van der Waals surface area contributed by atoms with E-state index in [0.29, 0.717) is 0 Å². The van der Waals surface area contributed by atoms with Crippen LogP contribution in [0.3, 0.4) is 0 Å². The average Bonchev–Trinajstić information content (AvgIpc) is 1.88. The lowest BCUT2D eigenvalue weighted by molar-refractivity contribution is 0.543. The van der Waals surface area contributed by atoms with Crippen molar-refractivity contribution >= 4 is 5.84 Å². The average molecular weight is 140 g/mol. The molecular weight excluding hydrogens is 124 g/mol. The Bertz CT molecular complexity index is 142. The number of rotatable bonds is 0. The number of nitrogens with zero attached hydrogens (tertiary/aromatic N) is 1. The monoisotopic (exact) mass is 140 g/mol. The first-order valence-corrected chi connectivity index (χ1v) is 3.89. The third-order valence-corrected chi connectivity index (χ3v) is 1.61. The van der Waals surface area contributed by atoms with Crippen LogP contribution < -0.4 is 5.32 Å². The van der Waals surface area contributed by atoms with E-state index >= 15 is 0 Å². The Morgan fingerprint density at radius 3 is 2.40 bits per heavy atom. The maximum Gasteiger partial charge on any atom is 0.102 e. The Balaban J connectivity index is 2.62. The number of nitrogens with one attached hydrogen (secondary N) is 1. The molecule has 0 aromatic heterocycles. The van der Waals surface area contributed by atoms with Gasteiger partial charge in [-0.25, -0.2) is 0 Å². The first-order valence-electron chi connectivity index (χ1n) is 3.89. The second kappa shape index (κ2) is 2.60. The Labute approximate surface area is 62.7 Å². The molecule has 1 heterocycles. The molecule has 0 saturated heterocycles. The molecule has 0 aliphatic carbocycles. The highest BCUT2D eigenvalue weighted by Crippen LogP contribution is 2.15. The van der Waals surface area contributed by atoms with Crippen molar-refractivity contribution in [2.75, 3.05) is 13.1 Å². The molecule has 1 rings (SSSR count). The van der Waals surface area contributed by atoms with E-state index < -0.39 is 0 Å². The van der Waals surface area contributed by atoms with Crippen molar-refractivity contribution in [3.8, 4) is 0 Å². The van der Waals surface area contributed by atoms with Crippen molar-refractivity contribution in [3.05, 3.63) is 0 Å². The summed E-state index contributed by atoms with van der Waals surface area (Å²) in [6.45, 7) is 8.65. The molecule has 0 radical (unpaired) electrons. The van der Waals surface area contributed by atoms with Gasteiger partial charge in [0, 0.05) is 18.5 Å². The van der Waals surface area contributed by atoms with Crippen molar-refractivity contribution in [1.82, 2.24) is 5.32 Å². The van der Waals surface area contributed by atoms with Gasteiger partial charge in [0.25, 0.3) is 0 Å². The Morgan fingerprint density at radius 2 is 2.10 bits per heavy atom. The number of hydrogen-bond acceptors (Lipinski definition) is 2. The predicted molar refractivity (Wildman–Crippen MR) is 44.4 cm³/mol. The first-order chi connectivity index (χ1) is 4.61. The summed E-state index contributed by atoms with van der Waals surface area (Å²) >= 11 is 0. The van der Waals surface area contributed by atoms with Gasteiger partial charge >= 0.3 is 0 Å². The highest BCUT2D eigenvalue weighted by molar-refractivity contribution is 5.87. The minimum atomic E-state index is 0.209. The van der Waals surface area contributed by atoms with Crippen LogP contribution in [0.15, 0.2) is 4.99 Å². The van der Waals surface area contributed by atoms with Gasteiger partial charge in [-0.15, -0.1) is 0 Å². The van der Waals surface area contributed by atoms with E-state index in [2.05, 4.69) is 31.1 Å². The van der Waals surface area contributed by atoms with Crippen LogP contribution >= 0.6 is 0 Å². The molecule has 10 heavy (non-hydrogen) atoms. The third-order valence-electron chi connectivity index (χ3n) is 1.61. The van der Waals surface area contributed by atoms with Crippen LogP contribution in [-0.2, 0) is 0 Å². The van der Waals surface area contributed by atoms with E-state index in [1.54, 1.807) is 0 Å². The molecule has 1 aliphatic rings. The lowest BCUT2D eigenvalue weighted by Crippen LogP contribution is -2.38. The molecule has 58 valence electrons. The van der Waals surface area contributed by atoms with E-state index in [1.807, 2.05) is 0 Å². The van der Waals surface area contributed by atoms with E-state index in [9.17, 15) is 0 Å². The molecule has 0 spiro atoms. The highest BCUT2D eigenvalue weighted by Gasteiger charge is 2.19. The summed E-state index contributed by atoms with van der Waals surface area (Å²) < 4.78 is 0. The van der Waals surface area contributed by atoms with E-state index in [1.165, 1.54) is 12.3 Å². The minimum Gasteiger partial charge on any atom is -0.373 e. The van der Waals surface area contributed by atoms with E-state index in [4.69, 9.17) is 0 Å². The van der Waals surface area contributed by atoms with Gasteiger partial charge in [-0.2, -0.15) is 0 Å². The maximum absolute atomic E-state index is 4.41. The molecular formula is C8H16N2. The fourth-order valence-electron chi connectivity index (χ4n) is 1.03. The summed E-state index contributed by atoms with van der Waals surface area (Å²) in [4.78, 5) is 4.41. The molecule has 2 heteroatoms. The Morgan fingerprint density at radius 1 is 1.40 bits per heavy atom. The van der Waals surface area contributed by atoms with Crippen molar-refractivity contribution in [2.45, 2.75) is 27.2 Å². The molecule has 0 amide bonds. The summed E-state index contributed by atoms with van der Waals surface area (Å²) in [7, 11) is 0. The van der Waals surface area contributed by atoms with Crippen LogP contribution in [0.5, 0.6) is 0 Å². The molecule has 1 N–H and O–H groups in total. The first kappa shape index (κ1) is 7.58. The Kier molecular flexibility index (Phi) is 1.97. The summed E-state index contributed by atoms with van der Waals surface area (Å²) in [6.07, 6.45) is 1.18. The van der Waals surface area contributed by atoms with Gasteiger partial charge in [-0.1, -0.05) is 20.8 Å². The van der Waals surface area contributed by atoms with Gasteiger partial charge in [-0.05, 0) is 6.42 Å². The quantitative estimate of drug-likeness (QED) is 0.540. The third kappa shape index (κ3) is 1.72. The van der Waals surface area contributed by atoms with Crippen molar-refractivity contribution < 1.29 is 0 Å². The predicted octanol–water partition coefficient (Wildman–Crippen LogP) is 1.42. The fourth-order valence-corrected chi connectivity index (χ4v) is 1.03. The fraction of sp³-hybridized carbons (Fsp3) is 0.875. The zero-order valence-corrected chi connectivity index (χ0v) is 7.07. The molecule has 0 aromatic carbocycles. The minimum absolute atomic E-state index is 0.209. The van der Waals surface area contributed by atoms with E-state index in [-0.39, 0.29) is 5.41 Å². The van der Waals surface area contributed by atoms with Crippen LogP contribution in [0.25, 0.3) is 0 Å². The number of hydrogen-bond donors (Lipinski definition) is 1. The van der Waals surface area contributed by atoms with Crippen LogP contribution in [-0.4, -0.2) is 18.9 Å². The van der Waals surface area contributed by atoms with E-state index in [0.717, 1.165) is 13.1 Å². The van der Waals surface area contributed by atoms with Gasteiger partial charge in [0.2, 0.25) is 0 Å². The lowest BCUT2D eigenvalue weighted by Gasteiger charge is -2.25. The molecule has 0 fully saturated rings. The highest BCUT2D eigenvalue weighted by atomic mass is 15.0. The number of amidine groups is 1. The van der Waals surface area contributed by atoms with Crippen molar-refractivity contribution in [3.63, 3.8) is 0 Å². The topological polar surface area (TPSA) is 24.4 Å². The van der Waals surface area contributed by atoms with Crippen molar-refractivity contribution in [2.24, 2.45) is 10.4 Å². The molecule has 0 aromatic rings. The van der Waals surface area contributed by atoms with Crippen molar-refractivity contribution in [1.29, 1.82) is 0 Å². The van der Waals surface area contributed by atoms with Gasteiger partial charge in [0.15, 0.2) is 0 Å². The summed E-state index contributed by atoms with van der Waals surface area (Å²) in [6, 6.07) is 0.